The van der Waals surface area contributed by atoms with Gasteiger partial charge >= 0.3 is 5.97 Å². The van der Waals surface area contributed by atoms with Gasteiger partial charge in [-0.15, -0.1) is 0 Å². The highest BCUT2D eigenvalue weighted by Gasteiger charge is 2.33. The van der Waals surface area contributed by atoms with Gasteiger partial charge < -0.3 is 23.7 Å². The fourth-order valence-electron chi connectivity index (χ4n) is 9.42. The molecule has 2 aromatic heterocycles. The molecule has 4 heterocycles. The van der Waals surface area contributed by atoms with E-state index in [1.807, 2.05) is 38.1 Å². The maximum absolute atomic E-state index is 13.1. The Morgan fingerprint density at radius 3 is 1.67 bits per heavy atom. The lowest BCUT2D eigenvalue weighted by molar-refractivity contribution is 0.0438. The quantitative estimate of drug-likeness (QED) is 0.208. The van der Waals surface area contributed by atoms with Crippen LogP contribution >= 0.6 is 0 Å². The van der Waals surface area contributed by atoms with E-state index >= 15 is 0 Å². The summed E-state index contributed by atoms with van der Waals surface area (Å²) in [6.45, 7) is 7.48. The first kappa shape index (κ1) is 37.0. The van der Waals surface area contributed by atoms with Gasteiger partial charge in [-0.1, -0.05) is 13.8 Å². The van der Waals surface area contributed by atoms with Gasteiger partial charge in [-0.3, -0.25) is 0 Å². The molecule has 0 radical (unpaired) electrons. The number of nitrogens with zero attached hydrogens (tertiary/aromatic N) is 3. The standard InChI is InChI=1S/C20H23FN2O.C20H24FNO3.C2H6/c21-7-8-23-19-3-1-14(13-22)11-17(19)18-12-16(2-4-20(18)23)15-5-9-24-10-6-15;21-7-8-22-18-3-1-14(13-5-9-25-10-6-13)11-16(18)17-12-15(20(23)24)2-4-19(17)22;1-2/h1,3,11,15-16H,2,4-10,12H2;2,4,12-14H,1,3,5-11H2,(H,23,24);1-2H3. The number of aromatic carboxylic acids is 1. The summed E-state index contributed by atoms with van der Waals surface area (Å²) < 4.78 is 41.4. The SMILES string of the molecule is CC.N#Cc1ccc2c(c1)c1c(n2CCF)CCC(C2CCOCC2)C1.O=C(O)c1ccc2c(c1)c1c(n2CCF)CCC(C2CCOCC2)C1. The molecule has 0 amide bonds. The lowest BCUT2D eigenvalue weighted by Crippen LogP contribution is -2.28. The number of hydrogen-bond donors (Lipinski definition) is 1. The van der Waals surface area contributed by atoms with Crippen molar-refractivity contribution < 1.29 is 28.2 Å². The first-order valence-corrected chi connectivity index (χ1v) is 19.2. The third-order valence-corrected chi connectivity index (χ3v) is 11.9. The molecule has 7 nitrogen and oxygen atoms in total. The molecule has 51 heavy (non-hydrogen) atoms. The molecule has 9 heteroatoms. The molecule has 2 aliphatic carbocycles. The topological polar surface area (TPSA) is 89.4 Å². The van der Waals surface area contributed by atoms with Gasteiger partial charge in [-0.05, 0) is 135 Å². The van der Waals surface area contributed by atoms with Crippen molar-refractivity contribution in [2.24, 2.45) is 23.7 Å². The average Bonchev–Trinajstić information content (AvgIpc) is 3.67. The summed E-state index contributed by atoms with van der Waals surface area (Å²) >= 11 is 0. The summed E-state index contributed by atoms with van der Waals surface area (Å²) in [4.78, 5) is 11.4. The first-order valence-electron chi connectivity index (χ1n) is 19.2. The summed E-state index contributed by atoms with van der Waals surface area (Å²) in [5, 5.41) is 20.7. The molecule has 2 saturated heterocycles. The lowest BCUT2D eigenvalue weighted by atomic mass is 9.75. The van der Waals surface area contributed by atoms with Gasteiger partial charge in [0.25, 0.3) is 0 Å². The van der Waals surface area contributed by atoms with Crippen LogP contribution in [0.1, 0.15) is 90.8 Å². The number of alkyl halides is 2. The molecule has 0 saturated carbocycles. The van der Waals surface area contributed by atoms with Crippen LogP contribution in [-0.4, -0.2) is 60.0 Å². The maximum atomic E-state index is 13.1. The zero-order valence-corrected chi connectivity index (χ0v) is 30.3. The minimum Gasteiger partial charge on any atom is -0.478 e. The van der Waals surface area contributed by atoms with E-state index < -0.39 is 12.6 Å². The number of aryl methyl sites for hydroxylation is 2. The summed E-state index contributed by atoms with van der Waals surface area (Å²) in [6.07, 6.45) is 10.9. The molecule has 8 rings (SSSR count). The minimum atomic E-state index is -0.911. The van der Waals surface area contributed by atoms with Crippen LogP contribution in [0.5, 0.6) is 0 Å². The number of carboxylic acid groups (broad SMARTS) is 1. The van der Waals surface area contributed by atoms with Gasteiger partial charge in [0, 0.05) is 59.6 Å². The van der Waals surface area contributed by atoms with Crippen LogP contribution in [0.4, 0.5) is 8.78 Å². The normalized spacial score (nSPS) is 20.8. The van der Waals surface area contributed by atoms with Crippen LogP contribution in [0.15, 0.2) is 36.4 Å². The van der Waals surface area contributed by atoms with Gasteiger partial charge in [0.2, 0.25) is 0 Å². The van der Waals surface area contributed by atoms with Crippen LogP contribution in [0, 0.1) is 35.0 Å². The zero-order valence-electron chi connectivity index (χ0n) is 30.3. The molecule has 2 aromatic carbocycles. The predicted molar refractivity (Wildman–Crippen MR) is 197 cm³/mol. The Hall–Kier alpha value is -3.74. The predicted octanol–water partition coefficient (Wildman–Crippen LogP) is 8.88. The minimum absolute atomic E-state index is 0.306. The molecule has 2 atom stereocenters. The summed E-state index contributed by atoms with van der Waals surface area (Å²) in [7, 11) is 0. The molecule has 4 aromatic rings. The fourth-order valence-corrected chi connectivity index (χ4v) is 9.42. The van der Waals surface area contributed by atoms with Crippen molar-refractivity contribution in [2.45, 2.75) is 91.1 Å². The highest BCUT2D eigenvalue weighted by atomic mass is 19.1. The Kier molecular flexibility index (Phi) is 12.5. The monoisotopic (exact) mass is 701 g/mol. The molecule has 2 fully saturated rings. The number of ether oxygens (including phenoxy) is 2. The smallest absolute Gasteiger partial charge is 0.335 e. The number of rotatable bonds is 7. The van der Waals surface area contributed by atoms with Crippen LogP contribution in [0.25, 0.3) is 21.8 Å². The molecule has 2 aliphatic heterocycles. The van der Waals surface area contributed by atoms with E-state index in [-0.39, 0.29) is 6.67 Å². The zero-order chi connectivity index (χ0) is 35.9. The molecule has 0 bridgehead atoms. The van der Waals surface area contributed by atoms with E-state index in [4.69, 9.17) is 9.47 Å². The summed E-state index contributed by atoms with van der Waals surface area (Å²) in [5.41, 5.74) is 8.16. The van der Waals surface area contributed by atoms with Crippen molar-refractivity contribution in [3.05, 3.63) is 70.0 Å². The van der Waals surface area contributed by atoms with Gasteiger partial charge in [0.05, 0.1) is 30.3 Å². The highest BCUT2D eigenvalue weighted by Crippen LogP contribution is 2.41. The third-order valence-electron chi connectivity index (χ3n) is 11.9. The lowest BCUT2D eigenvalue weighted by Gasteiger charge is -2.33. The Labute approximate surface area is 300 Å². The highest BCUT2D eigenvalue weighted by molar-refractivity contribution is 5.95. The number of carboxylic acids is 1. The van der Waals surface area contributed by atoms with Crippen molar-refractivity contribution in [1.82, 2.24) is 9.13 Å². The maximum Gasteiger partial charge on any atom is 0.335 e. The van der Waals surface area contributed by atoms with Crippen molar-refractivity contribution in [2.75, 3.05) is 39.8 Å². The number of aromatic nitrogens is 2. The van der Waals surface area contributed by atoms with Gasteiger partial charge in [0.15, 0.2) is 0 Å². The third kappa shape index (κ3) is 7.73. The second-order valence-electron chi connectivity index (χ2n) is 14.3. The Balaban J connectivity index is 0.000000168. The van der Waals surface area contributed by atoms with E-state index in [2.05, 4.69) is 15.2 Å². The Morgan fingerprint density at radius 1 is 0.745 bits per heavy atom. The second kappa shape index (κ2) is 17.2. The van der Waals surface area contributed by atoms with Crippen LogP contribution in [0.3, 0.4) is 0 Å². The van der Waals surface area contributed by atoms with E-state index in [9.17, 15) is 23.9 Å². The fraction of sp³-hybridized carbons (Fsp3) is 0.571. The van der Waals surface area contributed by atoms with Crippen LogP contribution < -0.4 is 0 Å². The number of benzene rings is 2. The Bertz CT molecular complexity index is 1840. The van der Waals surface area contributed by atoms with Crippen molar-refractivity contribution in [3.63, 3.8) is 0 Å². The molecule has 274 valence electrons. The number of fused-ring (bicyclic) bond motifs is 6. The largest absolute Gasteiger partial charge is 0.478 e. The van der Waals surface area contributed by atoms with Crippen LogP contribution in [0.2, 0.25) is 0 Å². The van der Waals surface area contributed by atoms with Crippen molar-refractivity contribution in [3.8, 4) is 6.07 Å². The van der Waals surface area contributed by atoms with Gasteiger partial charge in [-0.25, -0.2) is 13.6 Å². The molecule has 1 N–H and O–H groups in total. The number of hydrogen-bond acceptors (Lipinski definition) is 4. The summed E-state index contributed by atoms with van der Waals surface area (Å²) in [6, 6.07) is 13.3. The Morgan fingerprint density at radius 2 is 1.22 bits per heavy atom. The van der Waals surface area contributed by atoms with Crippen LogP contribution in [-0.2, 0) is 48.2 Å². The molecule has 4 aliphatic rings. The molecular weight excluding hydrogens is 648 g/mol. The summed E-state index contributed by atoms with van der Waals surface area (Å²) in [5.74, 6) is 1.83. The first-order chi connectivity index (χ1) is 25.0. The average molecular weight is 702 g/mol. The molecule has 2 unspecified atom stereocenters. The van der Waals surface area contributed by atoms with Crippen molar-refractivity contribution in [1.29, 1.82) is 5.26 Å². The van der Waals surface area contributed by atoms with Crippen molar-refractivity contribution >= 4 is 27.8 Å². The molecular formula is C42H53F2N3O4. The number of nitriles is 1. The van der Waals surface area contributed by atoms with E-state index in [0.29, 0.717) is 42.0 Å². The van der Waals surface area contributed by atoms with Gasteiger partial charge in [-0.2, -0.15) is 5.26 Å². The number of carbonyl (C=O) groups is 1. The number of halogens is 2. The second-order valence-corrected chi connectivity index (χ2v) is 14.3. The van der Waals surface area contributed by atoms with E-state index in [1.165, 1.54) is 28.9 Å². The van der Waals surface area contributed by atoms with Gasteiger partial charge in [0.1, 0.15) is 13.3 Å². The van der Waals surface area contributed by atoms with E-state index in [1.54, 1.807) is 12.1 Å². The van der Waals surface area contributed by atoms with E-state index in [0.717, 1.165) is 112 Å². The molecule has 0 spiro atoms.